The van der Waals surface area contributed by atoms with Crippen LogP contribution in [0.1, 0.15) is 6.42 Å². The zero-order chi connectivity index (χ0) is 24.1. The number of methoxy groups -OCH3 is 3. The first-order chi connectivity index (χ1) is 16.5. The molecule has 12 heteroatoms. The van der Waals surface area contributed by atoms with Crippen LogP contribution in [0.2, 0.25) is 0 Å². The number of carbonyl (C=O) groups is 1. The Kier molecular flexibility index (Phi) is 7.07. The van der Waals surface area contributed by atoms with Gasteiger partial charge < -0.3 is 30.2 Å². The molecule has 3 heterocycles. The van der Waals surface area contributed by atoms with Crippen LogP contribution in [0.5, 0.6) is 17.2 Å². The second-order valence-corrected chi connectivity index (χ2v) is 7.55. The molecule has 11 nitrogen and oxygen atoms in total. The van der Waals surface area contributed by atoms with Crippen LogP contribution >= 0.6 is 0 Å². The molecule has 1 fully saturated rings. The largest absolute Gasteiger partial charge is 0.493 e. The molecule has 1 aromatic carbocycles. The molecular weight excluding hydrogens is 445 g/mol. The predicted molar refractivity (Wildman–Crippen MR) is 125 cm³/mol. The van der Waals surface area contributed by atoms with Gasteiger partial charge in [0.05, 0.1) is 33.6 Å². The van der Waals surface area contributed by atoms with Gasteiger partial charge in [-0.3, -0.25) is 5.32 Å². The second-order valence-electron chi connectivity index (χ2n) is 7.55. The first-order valence-electron chi connectivity index (χ1n) is 10.6. The average Bonchev–Trinajstić information content (AvgIpc) is 2.84. The Bertz CT molecular complexity index is 1150. The fourth-order valence-electron chi connectivity index (χ4n) is 3.63. The van der Waals surface area contributed by atoms with Crippen molar-refractivity contribution in [3.8, 4) is 17.2 Å². The van der Waals surface area contributed by atoms with Crippen molar-refractivity contribution in [2.24, 2.45) is 0 Å². The van der Waals surface area contributed by atoms with Gasteiger partial charge in [-0.2, -0.15) is 0 Å². The van der Waals surface area contributed by atoms with Gasteiger partial charge in [-0.15, -0.1) is 0 Å². The number of nitrogens with one attached hydrogen (secondary N) is 4. The van der Waals surface area contributed by atoms with E-state index < -0.39 is 18.2 Å². The number of piperidine rings is 1. The molecule has 34 heavy (non-hydrogen) atoms. The molecule has 3 aromatic rings. The molecule has 4 N–H and O–H groups in total. The Morgan fingerprint density at radius 3 is 2.50 bits per heavy atom. The van der Waals surface area contributed by atoms with Gasteiger partial charge in [0.2, 0.25) is 5.75 Å². The van der Waals surface area contributed by atoms with E-state index in [-0.39, 0.29) is 12.4 Å². The zero-order valence-corrected chi connectivity index (χ0v) is 19.0. The molecule has 0 spiro atoms. The molecule has 180 valence electrons. The number of fused-ring (bicyclic) bond motifs is 1. The van der Waals surface area contributed by atoms with Crippen molar-refractivity contribution >= 4 is 34.5 Å². The van der Waals surface area contributed by atoms with Crippen LogP contribution in [0.25, 0.3) is 11.2 Å². The summed E-state index contributed by atoms with van der Waals surface area (Å²) in [7, 11) is 4.59. The van der Waals surface area contributed by atoms with Crippen molar-refractivity contribution < 1.29 is 23.4 Å². The Labute approximate surface area is 195 Å². The summed E-state index contributed by atoms with van der Waals surface area (Å²) in [4.78, 5) is 25.5. The molecule has 2 amide bonds. The number of benzene rings is 1. The van der Waals surface area contributed by atoms with E-state index in [1.54, 1.807) is 30.5 Å². The summed E-state index contributed by atoms with van der Waals surface area (Å²) in [6, 6.07) is 5.70. The number of rotatable bonds is 7. The van der Waals surface area contributed by atoms with E-state index in [0.29, 0.717) is 52.9 Å². The number of ether oxygens (including phenoxy) is 3. The summed E-state index contributed by atoms with van der Waals surface area (Å²) in [5, 5.41) is 11.4. The molecule has 4 rings (SSSR count). The van der Waals surface area contributed by atoms with Crippen molar-refractivity contribution in [1.82, 2.24) is 25.6 Å². The first kappa shape index (κ1) is 23.2. The molecule has 0 radical (unpaired) electrons. The average molecular weight is 471 g/mol. The fourth-order valence-corrected chi connectivity index (χ4v) is 3.63. The molecule has 2 unspecified atom stereocenters. The molecular formula is C22H26FN7O4. The van der Waals surface area contributed by atoms with Gasteiger partial charge in [0.1, 0.15) is 17.5 Å². The maximum Gasteiger partial charge on any atom is 0.320 e. The Balaban J connectivity index is 1.51. The fraction of sp³-hybridized carbons (Fsp3) is 0.364. The number of hydrogen-bond acceptors (Lipinski definition) is 9. The predicted octanol–water partition coefficient (Wildman–Crippen LogP) is 2.62. The number of nitrogens with zero attached hydrogens (tertiary/aromatic N) is 3. The smallest absolute Gasteiger partial charge is 0.320 e. The maximum atomic E-state index is 13.9. The second kappa shape index (κ2) is 10.3. The highest BCUT2D eigenvalue weighted by Gasteiger charge is 2.26. The SMILES string of the molecule is COc1cc(Nc2cnc3ccc(NC(=O)NC4CCNCC4F)nc3n2)cc(OC)c1OC. The van der Waals surface area contributed by atoms with E-state index in [2.05, 4.69) is 36.2 Å². The lowest BCUT2D eigenvalue weighted by atomic mass is 10.1. The van der Waals surface area contributed by atoms with Crippen LogP contribution in [0.15, 0.2) is 30.5 Å². The highest BCUT2D eigenvalue weighted by molar-refractivity contribution is 5.89. The Morgan fingerprint density at radius 1 is 1.09 bits per heavy atom. The third-order valence-electron chi connectivity index (χ3n) is 5.31. The third kappa shape index (κ3) is 5.17. The van der Waals surface area contributed by atoms with Gasteiger partial charge >= 0.3 is 6.03 Å². The number of urea groups is 1. The van der Waals surface area contributed by atoms with Gasteiger partial charge in [0, 0.05) is 24.4 Å². The number of alkyl halides is 1. The quantitative estimate of drug-likeness (QED) is 0.411. The molecule has 2 atom stereocenters. The van der Waals surface area contributed by atoms with E-state index >= 15 is 0 Å². The molecule has 0 aliphatic carbocycles. The maximum absolute atomic E-state index is 13.9. The number of amides is 2. The van der Waals surface area contributed by atoms with E-state index in [9.17, 15) is 9.18 Å². The normalized spacial score (nSPS) is 17.6. The molecule has 1 aliphatic rings. The third-order valence-corrected chi connectivity index (χ3v) is 5.31. The molecule has 1 aliphatic heterocycles. The summed E-state index contributed by atoms with van der Waals surface area (Å²) < 4.78 is 30.0. The van der Waals surface area contributed by atoms with Crippen LogP contribution in [-0.2, 0) is 0 Å². The number of carbonyl (C=O) groups excluding carboxylic acids is 1. The Hall–Kier alpha value is -3.93. The van der Waals surface area contributed by atoms with Crippen molar-refractivity contribution in [2.75, 3.05) is 45.1 Å². The summed E-state index contributed by atoms with van der Waals surface area (Å²) in [6.07, 6.45) is 0.936. The number of hydrogen-bond donors (Lipinski definition) is 4. The van der Waals surface area contributed by atoms with Crippen LogP contribution < -0.4 is 35.5 Å². The summed E-state index contributed by atoms with van der Waals surface area (Å²) >= 11 is 0. The van der Waals surface area contributed by atoms with Gasteiger partial charge in [0.25, 0.3) is 0 Å². The summed E-state index contributed by atoms with van der Waals surface area (Å²) in [5.74, 6) is 2.13. The standard InChI is InChI=1S/C22H26FN7O4/c1-32-16-8-12(9-17(33-2)20(16)34-3)26-19-11-25-15-4-5-18(28-21(15)29-19)30-22(31)27-14-6-7-24-10-13(14)23/h4-5,8-9,11,13-14,24H,6-7,10H2,1-3H3,(H3,26,27,28,29,30,31). The van der Waals surface area contributed by atoms with Gasteiger partial charge in [-0.05, 0) is 25.1 Å². The zero-order valence-electron chi connectivity index (χ0n) is 19.0. The number of pyridine rings is 1. The Morgan fingerprint density at radius 2 is 1.82 bits per heavy atom. The van der Waals surface area contributed by atoms with Crippen molar-refractivity contribution in [3.05, 3.63) is 30.5 Å². The minimum Gasteiger partial charge on any atom is -0.493 e. The molecule has 1 saturated heterocycles. The minimum atomic E-state index is -1.14. The van der Waals surface area contributed by atoms with E-state index in [4.69, 9.17) is 14.2 Å². The first-order valence-corrected chi connectivity index (χ1v) is 10.6. The van der Waals surface area contributed by atoms with Gasteiger partial charge in [-0.1, -0.05) is 0 Å². The topological polar surface area (TPSA) is 132 Å². The van der Waals surface area contributed by atoms with Gasteiger partial charge in [-0.25, -0.2) is 24.1 Å². The molecule has 0 bridgehead atoms. The lowest BCUT2D eigenvalue weighted by Gasteiger charge is -2.27. The summed E-state index contributed by atoms with van der Waals surface area (Å²) in [5.41, 5.74) is 1.50. The van der Waals surface area contributed by atoms with E-state index in [0.717, 1.165) is 0 Å². The van der Waals surface area contributed by atoms with Crippen molar-refractivity contribution in [1.29, 1.82) is 0 Å². The monoisotopic (exact) mass is 471 g/mol. The lowest BCUT2D eigenvalue weighted by Crippen LogP contribution is -2.51. The number of anilines is 3. The highest BCUT2D eigenvalue weighted by Crippen LogP contribution is 2.40. The van der Waals surface area contributed by atoms with Crippen LogP contribution in [0, 0.1) is 0 Å². The molecule has 2 aromatic heterocycles. The van der Waals surface area contributed by atoms with Crippen LogP contribution in [0.3, 0.4) is 0 Å². The summed E-state index contributed by atoms with van der Waals surface area (Å²) in [6.45, 7) is 0.868. The highest BCUT2D eigenvalue weighted by atomic mass is 19.1. The van der Waals surface area contributed by atoms with Crippen LogP contribution in [-0.4, -0.2) is 67.6 Å². The number of halogens is 1. The molecule has 0 saturated carbocycles. The van der Waals surface area contributed by atoms with Crippen LogP contribution in [0.4, 0.5) is 26.5 Å². The van der Waals surface area contributed by atoms with Crippen molar-refractivity contribution in [3.63, 3.8) is 0 Å². The van der Waals surface area contributed by atoms with Gasteiger partial charge in [0.15, 0.2) is 23.0 Å². The van der Waals surface area contributed by atoms with E-state index in [1.807, 2.05) is 0 Å². The minimum absolute atomic E-state index is 0.219. The van der Waals surface area contributed by atoms with Crippen molar-refractivity contribution in [2.45, 2.75) is 18.6 Å². The number of aromatic nitrogens is 3. The van der Waals surface area contributed by atoms with E-state index in [1.165, 1.54) is 21.3 Å². The lowest BCUT2D eigenvalue weighted by molar-refractivity contribution is 0.198.